The van der Waals surface area contributed by atoms with Crippen molar-refractivity contribution in [1.82, 2.24) is 4.90 Å². The molecule has 1 aliphatic carbocycles. The number of carbonyl (C=O) groups excluding carboxylic acids is 2. The van der Waals surface area contributed by atoms with E-state index in [-0.39, 0.29) is 17.7 Å². The lowest BCUT2D eigenvalue weighted by molar-refractivity contribution is -0.132. The van der Waals surface area contributed by atoms with Gasteiger partial charge in [0.05, 0.1) is 6.04 Å². The van der Waals surface area contributed by atoms with Gasteiger partial charge in [0.25, 0.3) is 0 Å². The predicted molar refractivity (Wildman–Crippen MR) is 63.8 cm³/mol. The number of carbonyl (C=O) groups is 2. The summed E-state index contributed by atoms with van der Waals surface area (Å²) in [5, 5.41) is 0. The lowest BCUT2D eigenvalue weighted by Gasteiger charge is -2.40. The molecule has 2 aliphatic rings. The largest absolute Gasteiger partial charge is 0.336 e. The van der Waals surface area contributed by atoms with Gasteiger partial charge in [0.15, 0.2) is 5.78 Å². The summed E-state index contributed by atoms with van der Waals surface area (Å²) in [6, 6.07) is 6.07. The van der Waals surface area contributed by atoms with Crippen molar-refractivity contribution < 1.29 is 9.59 Å². The maximum absolute atomic E-state index is 11.9. The van der Waals surface area contributed by atoms with Gasteiger partial charge >= 0.3 is 0 Å². The van der Waals surface area contributed by atoms with Crippen LogP contribution in [0.5, 0.6) is 0 Å². The van der Waals surface area contributed by atoms with Crippen LogP contribution in [0.1, 0.15) is 47.3 Å². The highest BCUT2D eigenvalue weighted by Gasteiger charge is 2.35. The zero-order valence-electron chi connectivity index (χ0n) is 9.90. The molecule has 0 N–H and O–H groups in total. The molecule has 0 aromatic heterocycles. The third-order valence-electron chi connectivity index (χ3n) is 3.88. The zero-order valence-corrected chi connectivity index (χ0v) is 9.90. The fourth-order valence-electron chi connectivity index (χ4n) is 3.10. The molecule has 1 atom stereocenters. The molecule has 0 bridgehead atoms. The van der Waals surface area contributed by atoms with Crippen LogP contribution < -0.4 is 0 Å². The second-order valence-electron chi connectivity index (χ2n) is 4.82. The predicted octanol–water partition coefficient (Wildman–Crippen LogP) is 2.11. The van der Waals surface area contributed by atoms with E-state index in [1.165, 1.54) is 5.56 Å². The first-order valence-corrected chi connectivity index (χ1v) is 6.10. The van der Waals surface area contributed by atoms with E-state index in [1.54, 1.807) is 6.92 Å². The van der Waals surface area contributed by atoms with Gasteiger partial charge in [-0.3, -0.25) is 9.59 Å². The molecule has 3 nitrogen and oxygen atoms in total. The minimum atomic E-state index is 0.116. The molecular weight excluding hydrogens is 214 g/mol. The second kappa shape index (κ2) is 3.69. The van der Waals surface area contributed by atoms with Gasteiger partial charge in [-0.2, -0.15) is 0 Å². The summed E-state index contributed by atoms with van der Waals surface area (Å²) in [5.74, 6) is 0.341. The molecule has 1 aliphatic heterocycles. The summed E-state index contributed by atoms with van der Waals surface area (Å²) < 4.78 is 0. The first-order valence-electron chi connectivity index (χ1n) is 6.10. The molecule has 88 valence electrons. The van der Waals surface area contributed by atoms with Gasteiger partial charge in [-0.15, -0.1) is 0 Å². The Kier molecular flexibility index (Phi) is 2.28. The second-order valence-corrected chi connectivity index (χ2v) is 4.82. The van der Waals surface area contributed by atoms with Crippen molar-refractivity contribution in [2.45, 2.75) is 32.2 Å². The van der Waals surface area contributed by atoms with Gasteiger partial charge in [0, 0.05) is 25.5 Å². The minimum absolute atomic E-state index is 0.116. The first-order chi connectivity index (χ1) is 8.18. The molecule has 3 rings (SSSR count). The SMILES string of the molecule is CC(=O)N1CCc2cccc3c2C1CCC3=O. The molecule has 17 heavy (non-hydrogen) atoms. The van der Waals surface area contributed by atoms with Crippen LogP contribution in [0.3, 0.4) is 0 Å². The quantitative estimate of drug-likeness (QED) is 0.683. The minimum Gasteiger partial charge on any atom is -0.336 e. The Morgan fingerprint density at radius 1 is 1.35 bits per heavy atom. The van der Waals surface area contributed by atoms with Crippen LogP contribution in [0.25, 0.3) is 0 Å². The van der Waals surface area contributed by atoms with Gasteiger partial charge in [0.2, 0.25) is 5.91 Å². The summed E-state index contributed by atoms with van der Waals surface area (Å²) in [4.78, 5) is 25.4. The monoisotopic (exact) mass is 229 g/mol. The summed E-state index contributed by atoms with van der Waals surface area (Å²) in [5.41, 5.74) is 3.20. The van der Waals surface area contributed by atoms with Gasteiger partial charge in [-0.25, -0.2) is 0 Å². The number of hydrogen-bond acceptors (Lipinski definition) is 2. The number of benzene rings is 1. The van der Waals surface area contributed by atoms with Crippen LogP contribution >= 0.6 is 0 Å². The number of Topliss-reactive ketones (excluding diaryl/α,β-unsaturated/α-hetero) is 1. The van der Waals surface area contributed by atoms with Crippen molar-refractivity contribution in [3.8, 4) is 0 Å². The Bertz CT molecular complexity index is 507. The third kappa shape index (κ3) is 1.49. The molecule has 1 aromatic rings. The van der Waals surface area contributed by atoms with E-state index in [0.29, 0.717) is 6.42 Å². The van der Waals surface area contributed by atoms with Gasteiger partial charge in [-0.1, -0.05) is 18.2 Å². The van der Waals surface area contributed by atoms with Crippen LogP contribution in [0.4, 0.5) is 0 Å². The standard InChI is InChI=1S/C14H15NO2/c1-9(16)15-8-7-10-3-2-4-11-13(17)6-5-12(15)14(10)11/h2-4,12H,5-8H2,1H3. The van der Waals surface area contributed by atoms with Crippen LogP contribution in [0.2, 0.25) is 0 Å². The lowest BCUT2D eigenvalue weighted by Crippen LogP contribution is -2.41. The Morgan fingerprint density at radius 3 is 2.94 bits per heavy atom. The van der Waals surface area contributed by atoms with Crippen molar-refractivity contribution in [3.63, 3.8) is 0 Å². The summed E-state index contributed by atoms with van der Waals surface area (Å²) in [6.45, 7) is 2.40. The number of amides is 1. The molecule has 0 saturated carbocycles. The van der Waals surface area contributed by atoms with Crippen molar-refractivity contribution in [2.75, 3.05) is 6.54 Å². The highest BCUT2D eigenvalue weighted by molar-refractivity contribution is 5.99. The molecule has 0 fully saturated rings. The average Bonchev–Trinajstić information content (AvgIpc) is 2.33. The van der Waals surface area contributed by atoms with E-state index in [2.05, 4.69) is 6.07 Å². The molecule has 1 aromatic carbocycles. The fraction of sp³-hybridized carbons (Fsp3) is 0.429. The highest BCUT2D eigenvalue weighted by atomic mass is 16.2. The Hall–Kier alpha value is -1.64. The Labute approximate surface area is 100 Å². The van der Waals surface area contributed by atoms with Crippen molar-refractivity contribution >= 4 is 11.7 Å². The maximum Gasteiger partial charge on any atom is 0.219 e. The van der Waals surface area contributed by atoms with E-state index >= 15 is 0 Å². The van der Waals surface area contributed by atoms with Gasteiger partial charge < -0.3 is 4.90 Å². The number of rotatable bonds is 0. The van der Waals surface area contributed by atoms with Crippen LogP contribution in [0, 0.1) is 0 Å². The molecule has 0 radical (unpaired) electrons. The fourth-order valence-corrected chi connectivity index (χ4v) is 3.10. The normalized spacial score (nSPS) is 22.3. The molecule has 0 saturated heterocycles. The first kappa shape index (κ1) is 10.5. The molecule has 3 heteroatoms. The molecular formula is C14H15NO2. The molecule has 1 heterocycles. The molecule has 0 spiro atoms. The van der Waals surface area contributed by atoms with Gasteiger partial charge in [0.1, 0.15) is 0 Å². The Balaban J connectivity index is 2.16. The smallest absolute Gasteiger partial charge is 0.219 e. The zero-order chi connectivity index (χ0) is 12.0. The highest BCUT2D eigenvalue weighted by Crippen LogP contribution is 2.39. The van der Waals surface area contributed by atoms with Crippen LogP contribution in [0.15, 0.2) is 18.2 Å². The van der Waals surface area contributed by atoms with E-state index in [0.717, 1.165) is 30.5 Å². The van der Waals surface area contributed by atoms with Crippen LogP contribution in [-0.4, -0.2) is 23.1 Å². The van der Waals surface area contributed by atoms with E-state index in [1.807, 2.05) is 17.0 Å². The number of ketones is 1. The van der Waals surface area contributed by atoms with Crippen LogP contribution in [-0.2, 0) is 11.2 Å². The third-order valence-corrected chi connectivity index (χ3v) is 3.88. The lowest BCUT2D eigenvalue weighted by atomic mass is 9.80. The topological polar surface area (TPSA) is 37.4 Å². The summed E-state index contributed by atoms with van der Waals surface area (Å²) in [6.07, 6.45) is 2.21. The van der Waals surface area contributed by atoms with Gasteiger partial charge in [-0.05, 0) is 24.0 Å². The van der Waals surface area contributed by atoms with Crippen molar-refractivity contribution in [2.24, 2.45) is 0 Å². The number of hydrogen-bond donors (Lipinski definition) is 0. The molecule has 1 unspecified atom stereocenters. The van der Waals surface area contributed by atoms with Crippen molar-refractivity contribution in [3.05, 3.63) is 34.9 Å². The van der Waals surface area contributed by atoms with E-state index in [9.17, 15) is 9.59 Å². The summed E-state index contributed by atoms with van der Waals surface area (Å²) in [7, 11) is 0. The maximum atomic E-state index is 11.9. The number of nitrogens with zero attached hydrogens (tertiary/aromatic N) is 1. The average molecular weight is 229 g/mol. The Morgan fingerprint density at radius 2 is 2.18 bits per heavy atom. The van der Waals surface area contributed by atoms with E-state index in [4.69, 9.17) is 0 Å². The van der Waals surface area contributed by atoms with E-state index < -0.39 is 0 Å². The molecule has 1 amide bonds. The van der Waals surface area contributed by atoms with Crippen molar-refractivity contribution in [1.29, 1.82) is 0 Å². The summed E-state index contributed by atoms with van der Waals surface area (Å²) >= 11 is 0.